The molecule has 2 aromatic carbocycles. The molecule has 112 valence electrons. The third kappa shape index (κ3) is 2.53. The van der Waals surface area contributed by atoms with Gasteiger partial charge in [-0.05, 0) is 12.1 Å². The number of rotatable bonds is 2. The highest BCUT2D eigenvalue weighted by Crippen LogP contribution is 2.40. The van der Waals surface area contributed by atoms with Crippen molar-refractivity contribution in [3.05, 3.63) is 51.3 Å². The van der Waals surface area contributed by atoms with Gasteiger partial charge >= 0.3 is 0 Å². The molecule has 0 amide bonds. The first-order chi connectivity index (χ1) is 9.79. The highest BCUT2D eigenvalue weighted by molar-refractivity contribution is 6.37. The first-order valence-corrected chi connectivity index (χ1v) is 6.10. The summed E-state index contributed by atoms with van der Waals surface area (Å²) in [5, 5.41) is -0.265. The van der Waals surface area contributed by atoms with E-state index in [4.69, 9.17) is 27.9 Å². The summed E-state index contributed by atoms with van der Waals surface area (Å²) in [4.78, 5) is 0. The van der Waals surface area contributed by atoms with Gasteiger partial charge in [-0.1, -0.05) is 23.2 Å². The van der Waals surface area contributed by atoms with E-state index in [0.717, 1.165) is 12.1 Å². The van der Waals surface area contributed by atoms with Crippen LogP contribution in [0.15, 0.2) is 12.1 Å². The maximum Gasteiger partial charge on any atom is 0.200 e. The van der Waals surface area contributed by atoms with Gasteiger partial charge in [0.05, 0.1) is 22.7 Å². The standard InChI is InChI=1S/C13H5Cl2F5O/c1-21-7-2-4(5(14)3-6(7)15)8-9(16)11(18)13(20)12(19)10(8)17/h2-3H,1H3. The van der Waals surface area contributed by atoms with Crippen molar-refractivity contribution in [2.24, 2.45) is 0 Å². The highest BCUT2D eigenvalue weighted by atomic mass is 35.5. The number of hydrogen-bond acceptors (Lipinski definition) is 1. The molecule has 0 spiro atoms. The predicted molar refractivity (Wildman–Crippen MR) is 68.2 cm³/mol. The van der Waals surface area contributed by atoms with Crippen LogP contribution in [0.4, 0.5) is 22.0 Å². The Balaban J connectivity index is 2.85. The Morgan fingerprint density at radius 2 is 1.24 bits per heavy atom. The summed E-state index contributed by atoms with van der Waals surface area (Å²) >= 11 is 11.5. The van der Waals surface area contributed by atoms with Crippen molar-refractivity contribution < 1.29 is 26.7 Å². The van der Waals surface area contributed by atoms with E-state index in [9.17, 15) is 22.0 Å². The average molecular weight is 343 g/mol. The third-order valence-electron chi connectivity index (χ3n) is 2.72. The molecule has 0 aromatic heterocycles. The van der Waals surface area contributed by atoms with E-state index >= 15 is 0 Å². The lowest BCUT2D eigenvalue weighted by molar-refractivity contribution is 0.381. The zero-order valence-electron chi connectivity index (χ0n) is 10.2. The maximum atomic E-state index is 13.8. The van der Waals surface area contributed by atoms with Crippen molar-refractivity contribution in [2.75, 3.05) is 7.11 Å². The second kappa shape index (κ2) is 5.69. The molecular formula is C13H5Cl2F5O. The molecule has 0 heterocycles. The van der Waals surface area contributed by atoms with E-state index < -0.39 is 40.2 Å². The number of benzene rings is 2. The molecule has 0 aliphatic heterocycles. The Kier molecular flexibility index (Phi) is 4.30. The summed E-state index contributed by atoms with van der Waals surface area (Å²) in [5.74, 6) is -10.4. The van der Waals surface area contributed by atoms with Gasteiger partial charge < -0.3 is 4.74 Å². The van der Waals surface area contributed by atoms with Gasteiger partial charge in [-0.25, -0.2) is 22.0 Å². The molecule has 2 aromatic rings. The van der Waals surface area contributed by atoms with Gasteiger partial charge in [-0.3, -0.25) is 0 Å². The van der Waals surface area contributed by atoms with Gasteiger partial charge in [0.1, 0.15) is 5.75 Å². The largest absolute Gasteiger partial charge is 0.495 e. The van der Waals surface area contributed by atoms with E-state index in [1.165, 1.54) is 7.11 Å². The minimum Gasteiger partial charge on any atom is -0.495 e. The second-order valence-electron chi connectivity index (χ2n) is 3.91. The van der Waals surface area contributed by atoms with Crippen LogP contribution in [-0.2, 0) is 0 Å². The van der Waals surface area contributed by atoms with Crippen molar-refractivity contribution in [3.8, 4) is 16.9 Å². The molecular weight excluding hydrogens is 338 g/mol. The molecule has 0 unspecified atom stereocenters. The van der Waals surface area contributed by atoms with Gasteiger partial charge in [0.2, 0.25) is 5.82 Å². The minimum atomic E-state index is -2.24. The van der Waals surface area contributed by atoms with Crippen LogP contribution in [0.5, 0.6) is 5.75 Å². The molecule has 0 saturated heterocycles. The van der Waals surface area contributed by atoms with E-state index in [2.05, 4.69) is 0 Å². The van der Waals surface area contributed by atoms with Crippen molar-refractivity contribution in [3.63, 3.8) is 0 Å². The van der Waals surface area contributed by atoms with Gasteiger partial charge in [0, 0.05) is 5.56 Å². The third-order valence-corrected chi connectivity index (χ3v) is 3.33. The van der Waals surface area contributed by atoms with Crippen LogP contribution in [0.25, 0.3) is 11.1 Å². The quantitative estimate of drug-likeness (QED) is 0.405. The van der Waals surface area contributed by atoms with Crippen molar-refractivity contribution in [2.45, 2.75) is 0 Å². The van der Waals surface area contributed by atoms with Crippen LogP contribution in [0.2, 0.25) is 10.0 Å². The van der Waals surface area contributed by atoms with Crippen molar-refractivity contribution in [1.82, 2.24) is 0 Å². The SMILES string of the molecule is COc1cc(-c2c(F)c(F)c(F)c(F)c2F)c(Cl)cc1Cl. The summed E-state index contributed by atoms with van der Waals surface area (Å²) in [6, 6.07) is 2.07. The molecule has 1 nitrogen and oxygen atoms in total. The molecule has 0 N–H and O–H groups in total. The fourth-order valence-corrected chi connectivity index (χ4v) is 2.27. The number of halogens is 7. The summed E-state index contributed by atoms with van der Waals surface area (Å²) in [5.41, 5.74) is -1.57. The van der Waals surface area contributed by atoms with Gasteiger partial charge in [-0.2, -0.15) is 0 Å². The number of ether oxygens (including phenoxy) is 1. The predicted octanol–water partition coefficient (Wildman–Crippen LogP) is 5.36. The highest BCUT2D eigenvalue weighted by Gasteiger charge is 2.28. The summed E-state index contributed by atoms with van der Waals surface area (Å²) in [6.07, 6.45) is 0. The van der Waals surface area contributed by atoms with E-state index in [-0.39, 0.29) is 15.8 Å². The van der Waals surface area contributed by atoms with Gasteiger partial charge in [0.25, 0.3) is 0 Å². The van der Waals surface area contributed by atoms with E-state index in [1.807, 2.05) is 0 Å². The summed E-state index contributed by atoms with van der Waals surface area (Å²) in [7, 11) is 1.22. The Labute approximate surface area is 125 Å². The number of hydrogen-bond donors (Lipinski definition) is 0. The molecule has 0 atom stereocenters. The lowest BCUT2D eigenvalue weighted by Crippen LogP contribution is -2.04. The lowest BCUT2D eigenvalue weighted by Gasteiger charge is -2.12. The van der Waals surface area contributed by atoms with Gasteiger partial charge in [0.15, 0.2) is 23.3 Å². The topological polar surface area (TPSA) is 9.23 Å². The van der Waals surface area contributed by atoms with E-state index in [0.29, 0.717) is 0 Å². The Morgan fingerprint density at radius 1 is 0.762 bits per heavy atom. The van der Waals surface area contributed by atoms with Crippen molar-refractivity contribution in [1.29, 1.82) is 0 Å². The Hall–Kier alpha value is -1.53. The zero-order valence-corrected chi connectivity index (χ0v) is 11.7. The smallest absolute Gasteiger partial charge is 0.200 e. The first kappa shape index (κ1) is 15.9. The molecule has 0 bridgehead atoms. The lowest BCUT2D eigenvalue weighted by atomic mass is 10.0. The maximum absolute atomic E-state index is 13.8. The molecule has 8 heteroatoms. The Bertz CT molecular complexity index is 704. The fourth-order valence-electron chi connectivity index (χ4n) is 1.72. The van der Waals surface area contributed by atoms with E-state index in [1.54, 1.807) is 0 Å². The molecule has 0 aliphatic rings. The van der Waals surface area contributed by atoms with Crippen LogP contribution < -0.4 is 4.74 Å². The monoisotopic (exact) mass is 342 g/mol. The van der Waals surface area contributed by atoms with Crippen LogP contribution in [-0.4, -0.2) is 7.11 Å². The molecule has 2 rings (SSSR count). The summed E-state index contributed by atoms with van der Waals surface area (Å²) in [6.45, 7) is 0. The normalized spacial score (nSPS) is 10.9. The van der Waals surface area contributed by atoms with Crippen LogP contribution in [0.3, 0.4) is 0 Å². The second-order valence-corrected chi connectivity index (χ2v) is 4.73. The molecule has 0 saturated carbocycles. The van der Waals surface area contributed by atoms with Crippen molar-refractivity contribution >= 4 is 23.2 Å². The molecule has 0 fully saturated rings. The average Bonchev–Trinajstić information content (AvgIpc) is 2.45. The fraction of sp³-hybridized carbons (Fsp3) is 0.0769. The van der Waals surface area contributed by atoms with Crippen LogP contribution in [0, 0.1) is 29.1 Å². The minimum absolute atomic E-state index is 0.0233. The summed E-state index contributed by atoms with van der Waals surface area (Å²) < 4.78 is 71.8. The number of methoxy groups -OCH3 is 1. The first-order valence-electron chi connectivity index (χ1n) is 5.34. The zero-order chi connectivity index (χ0) is 15.9. The molecule has 21 heavy (non-hydrogen) atoms. The molecule has 0 aliphatic carbocycles. The van der Waals surface area contributed by atoms with Crippen LogP contribution >= 0.6 is 23.2 Å². The molecule has 0 radical (unpaired) electrons. The van der Waals surface area contributed by atoms with Crippen LogP contribution in [0.1, 0.15) is 0 Å². The van der Waals surface area contributed by atoms with Gasteiger partial charge in [-0.15, -0.1) is 0 Å². The Morgan fingerprint density at radius 3 is 1.71 bits per heavy atom.